The number of aryl methyl sites for hydroxylation is 4. The molecule has 0 fully saturated rings. The number of amides is 2. The number of aromatic nitrogens is 3. The number of nitrogens with two attached hydrogens (primary N) is 2. The summed E-state index contributed by atoms with van der Waals surface area (Å²) in [4.78, 5) is 32.4. The van der Waals surface area contributed by atoms with Crippen LogP contribution in [0.25, 0.3) is 21.9 Å². The number of rotatable bonds is 10. The monoisotopic (exact) mass is 623 g/mol. The van der Waals surface area contributed by atoms with Crippen LogP contribution in [0.3, 0.4) is 0 Å². The van der Waals surface area contributed by atoms with E-state index in [1.165, 1.54) is 34.6 Å². The highest BCUT2D eigenvalue weighted by Crippen LogP contribution is 2.47. The summed E-state index contributed by atoms with van der Waals surface area (Å²) in [6.45, 7) is 5.78. The van der Waals surface area contributed by atoms with Gasteiger partial charge in [0, 0.05) is 23.3 Å². The van der Waals surface area contributed by atoms with E-state index < -0.39 is 11.8 Å². The maximum Gasteiger partial charge on any atom is 0.259 e. The molecule has 6 rings (SSSR count). The summed E-state index contributed by atoms with van der Waals surface area (Å²) in [5.74, 6) is -0.791. The molecule has 10 heteroatoms. The number of primary amides is 2. The van der Waals surface area contributed by atoms with E-state index in [1.54, 1.807) is 19.1 Å². The Kier molecular flexibility index (Phi) is 8.33. The molecule has 0 saturated carbocycles. The molecular formula is C35H34FN5O3S. The molecule has 0 bridgehead atoms. The van der Waals surface area contributed by atoms with Crippen LogP contribution in [0, 0.1) is 18.7 Å². The summed E-state index contributed by atoms with van der Waals surface area (Å²) in [6.07, 6.45) is 3.22. The lowest BCUT2D eigenvalue weighted by atomic mass is 9.89. The maximum absolute atomic E-state index is 13.6. The second kappa shape index (κ2) is 12.4. The van der Waals surface area contributed by atoms with Crippen molar-refractivity contribution in [2.75, 3.05) is 0 Å². The summed E-state index contributed by atoms with van der Waals surface area (Å²) < 4.78 is 19.6. The molecule has 2 amide bonds. The van der Waals surface area contributed by atoms with Gasteiger partial charge < -0.3 is 15.9 Å². The Labute approximate surface area is 264 Å². The average molecular weight is 624 g/mol. The third-order valence-electron chi connectivity index (χ3n) is 8.24. The number of hydrogen-bond acceptors (Lipinski definition) is 7. The number of hydrogen-bond donors (Lipinski definition) is 2. The molecule has 0 radical (unpaired) electrons. The van der Waals surface area contributed by atoms with Gasteiger partial charge in [-0.25, -0.2) is 4.39 Å². The Balaban J connectivity index is 1.61. The zero-order valence-electron chi connectivity index (χ0n) is 25.4. The van der Waals surface area contributed by atoms with E-state index in [4.69, 9.17) is 20.9 Å². The van der Waals surface area contributed by atoms with Crippen molar-refractivity contribution in [1.29, 1.82) is 0 Å². The van der Waals surface area contributed by atoms with Gasteiger partial charge in [0.05, 0.1) is 27.4 Å². The number of fused-ring (bicyclic) bond motifs is 1. The van der Waals surface area contributed by atoms with Crippen molar-refractivity contribution in [2.45, 2.75) is 58.8 Å². The lowest BCUT2D eigenvalue weighted by Gasteiger charge is -2.19. The molecule has 4 N–H and O–H groups in total. The Morgan fingerprint density at radius 3 is 2.40 bits per heavy atom. The Morgan fingerprint density at radius 1 is 0.978 bits per heavy atom. The number of benzene rings is 2. The molecule has 2 aromatic carbocycles. The second-order valence-electron chi connectivity index (χ2n) is 11.9. The molecule has 3 aromatic heterocycles. The predicted octanol–water partition coefficient (Wildman–Crippen LogP) is 6.57. The smallest absolute Gasteiger partial charge is 0.259 e. The van der Waals surface area contributed by atoms with Crippen molar-refractivity contribution in [3.05, 3.63) is 110 Å². The van der Waals surface area contributed by atoms with Crippen LogP contribution in [-0.4, -0.2) is 27.0 Å². The van der Waals surface area contributed by atoms with Crippen LogP contribution in [0.4, 0.5) is 4.39 Å². The van der Waals surface area contributed by atoms with Crippen molar-refractivity contribution < 1.29 is 18.4 Å². The van der Waals surface area contributed by atoms with Gasteiger partial charge in [0.1, 0.15) is 5.82 Å². The fourth-order valence-electron chi connectivity index (χ4n) is 6.32. The highest BCUT2D eigenvalue weighted by Gasteiger charge is 2.33. The summed E-state index contributed by atoms with van der Waals surface area (Å²) in [6, 6.07) is 16.5. The zero-order chi connectivity index (χ0) is 31.8. The van der Waals surface area contributed by atoms with Gasteiger partial charge in [-0.15, -0.1) is 21.5 Å². The van der Waals surface area contributed by atoms with E-state index in [0.717, 1.165) is 24.0 Å². The van der Waals surface area contributed by atoms with Crippen LogP contribution in [0.15, 0.2) is 59.0 Å². The van der Waals surface area contributed by atoms with Crippen molar-refractivity contribution in [3.8, 4) is 21.9 Å². The minimum atomic E-state index is -0.641. The van der Waals surface area contributed by atoms with Gasteiger partial charge in [-0.2, -0.15) is 0 Å². The minimum Gasteiger partial charge on any atom is -0.421 e. The molecule has 45 heavy (non-hydrogen) atoms. The number of carbonyl (C=O) groups excluding carboxylic acids is 2. The van der Waals surface area contributed by atoms with Crippen LogP contribution >= 0.6 is 11.3 Å². The van der Waals surface area contributed by atoms with Crippen molar-refractivity contribution >= 4 is 23.2 Å². The van der Waals surface area contributed by atoms with E-state index in [9.17, 15) is 14.0 Å². The SMILES string of the molecule is Cc1nnc(-c2c(CCc3ccc(F)cc3)nc(CC(C)C)c(C(N)=O)c2-c2cc([C@@H]3CCc4ccccc43)c(C(N)=O)s2)o1. The van der Waals surface area contributed by atoms with Gasteiger partial charge in [-0.1, -0.05) is 50.2 Å². The summed E-state index contributed by atoms with van der Waals surface area (Å²) in [5, 5.41) is 8.42. The number of pyridine rings is 1. The van der Waals surface area contributed by atoms with E-state index >= 15 is 0 Å². The van der Waals surface area contributed by atoms with Crippen LogP contribution in [0.2, 0.25) is 0 Å². The number of carbonyl (C=O) groups is 2. The minimum absolute atomic E-state index is 0.0188. The van der Waals surface area contributed by atoms with E-state index in [2.05, 4.69) is 22.3 Å². The first kappa shape index (κ1) is 30.3. The first-order chi connectivity index (χ1) is 21.6. The number of halogens is 1. The van der Waals surface area contributed by atoms with Gasteiger partial charge in [0.25, 0.3) is 11.8 Å². The van der Waals surface area contributed by atoms with E-state index in [0.29, 0.717) is 57.4 Å². The van der Waals surface area contributed by atoms with Gasteiger partial charge in [0.2, 0.25) is 11.8 Å². The molecule has 1 aliphatic carbocycles. The Hall–Kier alpha value is -4.70. The molecular weight excluding hydrogens is 589 g/mol. The lowest BCUT2D eigenvalue weighted by Crippen LogP contribution is -2.20. The van der Waals surface area contributed by atoms with Crippen LogP contribution in [0.5, 0.6) is 0 Å². The van der Waals surface area contributed by atoms with Crippen LogP contribution < -0.4 is 11.5 Å². The second-order valence-corrected chi connectivity index (χ2v) is 12.9. The quantitative estimate of drug-likeness (QED) is 0.181. The maximum atomic E-state index is 13.6. The van der Waals surface area contributed by atoms with Gasteiger partial charge in [0.15, 0.2) is 0 Å². The van der Waals surface area contributed by atoms with E-state index in [-0.39, 0.29) is 29.1 Å². The Bertz CT molecular complexity index is 1910. The molecule has 0 saturated heterocycles. The van der Waals surface area contributed by atoms with Crippen molar-refractivity contribution in [3.63, 3.8) is 0 Å². The fraction of sp³-hybridized carbons (Fsp3) is 0.286. The van der Waals surface area contributed by atoms with E-state index in [1.807, 2.05) is 32.0 Å². The summed E-state index contributed by atoms with van der Waals surface area (Å²) >= 11 is 1.24. The van der Waals surface area contributed by atoms with Gasteiger partial charge in [-0.3, -0.25) is 14.6 Å². The topological polar surface area (TPSA) is 138 Å². The molecule has 1 aliphatic rings. The molecule has 5 aromatic rings. The molecule has 0 unspecified atom stereocenters. The highest BCUT2D eigenvalue weighted by atomic mass is 32.1. The molecule has 8 nitrogen and oxygen atoms in total. The number of thiophene rings is 1. The largest absolute Gasteiger partial charge is 0.421 e. The predicted molar refractivity (Wildman–Crippen MR) is 172 cm³/mol. The third-order valence-corrected chi connectivity index (χ3v) is 9.42. The van der Waals surface area contributed by atoms with Crippen molar-refractivity contribution in [1.82, 2.24) is 15.2 Å². The highest BCUT2D eigenvalue weighted by molar-refractivity contribution is 7.17. The van der Waals surface area contributed by atoms with Gasteiger partial charge in [-0.05, 0) is 78.5 Å². The fourth-order valence-corrected chi connectivity index (χ4v) is 7.45. The molecule has 0 aliphatic heterocycles. The van der Waals surface area contributed by atoms with Gasteiger partial charge >= 0.3 is 0 Å². The summed E-state index contributed by atoms with van der Waals surface area (Å²) in [7, 11) is 0. The van der Waals surface area contributed by atoms with Crippen LogP contribution in [0.1, 0.15) is 85.7 Å². The number of nitrogens with zero attached hydrogens (tertiary/aromatic N) is 3. The standard InChI is InChI=1S/C35H34FN5O3S/c1-18(2)16-27-29(33(37)42)31(28-17-25(32(45-28)34(38)43)24-14-11-21-6-4-5-7-23(21)24)30(35-41-40-19(3)44-35)26(39-27)15-10-20-8-12-22(36)13-9-20/h4-9,12-13,17-18,24H,10-11,14-16H2,1-3H3,(H2,37,42)(H2,38,43)/t24-/m1/s1. The first-order valence-corrected chi connectivity index (χ1v) is 15.8. The lowest BCUT2D eigenvalue weighted by molar-refractivity contribution is 0.0992. The molecule has 3 heterocycles. The molecule has 230 valence electrons. The van der Waals surface area contributed by atoms with Crippen LogP contribution in [-0.2, 0) is 25.7 Å². The average Bonchev–Trinajstić information content (AvgIpc) is 3.74. The first-order valence-electron chi connectivity index (χ1n) is 15.0. The molecule has 0 spiro atoms. The summed E-state index contributed by atoms with van der Waals surface area (Å²) in [5.41, 5.74) is 18.8. The third kappa shape index (κ3) is 6.02. The van der Waals surface area contributed by atoms with Crippen molar-refractivity contribution in [2.24, 2.45) is 17.4 Å². The Morgan fingerprint density at radius 2 is 1.73 bits per heavy atom. The molecule has 1 atom stereocenters. The zero-order valence-corrected chi connectivity index (χ0v) is 26.2. The normalized spacial score (nSPS) is 14.2.